The van der Waals surface area contributed by atoms with Crippen LogP contribution in [0.25, 0.3) is 0 Å². The van der Waals surface area contributed by atoms with E-state index in [1.807, 2.05) is 13.1 Å². The number of aryl methyl sites for hydroxylation is 1. The van der Waals surface area contributed by atoms with Gasteiger partial charge in [0, 0.05) is 6.04 Å². The van der Waals surface area contributed by atoms with E-state index in [1.165, 1.54) is 11.1 Å². The highest BCUT2D eigenvalue weighted by Gasteiger charge is 2.07. The Hall–Kier alpha value is -1.35. The minimum Gasteiger partial charge on any atom is -0.377 e. The summed E-state index contributed by atoms with van der Waals surface area (Å²) in [5.41, 5.74) is 4.85. The van der Waals surface area contributed by atoms with Gasteiger partial charge in [0.05, 0.1) is 11.9 Å². The van der Waals surface area contributed by atoms with Crippen LogP contribution >= 0.6 is 15.9 Å². The van der Waals surface area contributed by atoms with Gasteiger partial charge in [-0.25, -0.2) is 4.98 Å². The number of halogens is 1. The number of aromatic nitrogens is 1. The van der Waals surface area contributed by atoms with Gasteiger partial charge >= 0.3 is 0 Å². The summed E-state index contributed by atoms with van der Waals surface area (Å²) >= 11 is 3.42. The number of hydrogen-bond donors (Lipinski definition) is 1. The number of hydrogen-bond acceptors (Lipinski definition) is 2. The molecule has 0 radical (unpaired) electrons. The Morgan fingerprint density at radius 2 is 1.65 bits per heavy atom. The van der Waals surface area contributed by atoms with Crippen LogP contribution in [-0.2, 0) is 0 Å². The minimum atomic E-state index is 0.263. The number of pyridine rings is 1. The van der Waals surface area contributed by atoms with E-state index in [-0.39, 0.29) is 6.04 Å². The normalized spacial score (nSPS) is 12.5. The topological polar surface area (TPSA) is 24.9 Å². The molecule has 0 aliphatic carbocycles. The van der Waals surface area contributed by atoms with Crippen molar-refractivity contribution in [1.29, 1.82) is 0 Å². The Morgan fingerprint density at radius 1 is 1.05 bits per heavy atom. The van der Waals surface area contributed by atoms with E-state index in [0.717, 1.165) is 15.9 Å². The van der Waals surface area contributed by atoms with E-state index in [0.29, 0.717) is 5.92 Å². The summed E-state index contributed by atoms with van der Waals surface area (Å²) in [5.74, 6) is 0.575. The quantitative estimate of drug-likeness (QED) is 0.753. The number of benzene rings is 1. The molecule has 2 aromatic rings. The lowest BCUT2D eigenvalue weighted by Crippen LogP contribution is -2.07. The summed E-state index contributed by atoms with van der Waals surface area (Å²) in [6, 6.07) is 11.2. The fourth-order valence-electron chi connectivity index (χ4n) is 2.14. The first kappa shape index (κ1) is 15.0. The molecule has 1 N–H and O–H groups in total. The summed E-state index contributed by atoms with van der Waals surface area (Å²) < 4.78 is 0.900. The summed E-state index contributed by atoms with van der Waals surface area (Å²) in [4.78, 5) is 4.32. The lowest BCUT2D eigenvalue weighted by molar-refractivity contribution is 0.851. The number of rotatable bonds is 4. The van der Waals surface area contributed by atoms with Crippen molar-refractivity contribution in [3.05, 3.63) is 57.8 Å². The Morgan fingerprint density at radius 3 is 2.20 bits per heavy atom. The second kappa shape index (κ2) is 6.40. The third-order valence-electron chi connectivity index (χ3n) is 3.50. The van der Waals surface area contributed by atoms with Gasteiger partial charge in [-0.3, -0.25) is 0 Å². The summed E-state index contributed by atoms with van der Waals surface area (Å²) in [6.45, 7) is 8.64. The van der Waals surface area contributed by atoms with Crippen molar-refractivity contribution in [2.24, 2.45) is 0 Å². The first-order valence-electron chi connectivity index (χ1n) is 6.96. The molecule has 1 atom stereocenters. The molecule has 2 rings (SSSR count). The van der Waals surface area contributed by atoms with Crippen LogP contribution in [0.3, 0.4) is 0 Å². The van der Waals surface area contributed by atoms with Crippen molar-refractivity contribution in [2.45, 2.75) is 39.7 Å². The lowest BCUT2D eigenvalue weighted by atomic mass is 9.99. The van der Waals surface area contributed by atoms with E-state index in [9.17, 15) is 0 Å². The molecule has 0 spiro atoms. The van der Waals surface area contributed by atoms with Crippen molar-refractivity contribution < 1.29 is 0 Å². The third-order valence-corrected chi connectivity index (χ3v) is 4.33. The molecule has 0 saturated carbocycles. The average Bonchev–Trinajstić information content (AvgIpc) is 2.43. The molecule has 1 aromatic carbocycles. The van der Waals surface area contributed by atoms with Gasteiger partial charge in [0.25, 0.3) is 0 Å². The van der Waals surface area contributed by atoms with Gasteiger partial charge in [-0.1, -0.05) is 38.1 Å². The van der Waals surface area contributed by atoms with Gasteiger partial charge < -0.3 is 5.32 Å². The Bertz CT molecular complexity index is 576. The summed E-state index contributed by atoms with van der Waals surface area (Å²) in [7, 11) is 0. The molecule has 1 unspecified atom stereocenters. The van der Waals surface area contributed by atoms with Crippen LogP contribution in [0.15, 0.2) is 41.1 Å². The van der Waals surface area contributed by atoms with Crippen LogP contribution in [0.4, 0.5) is 5.69 Å². The van der Waals surface area contributed by atoms with Gasteiger partial charge in [0.2, 0.25) is 0 Å². The average molecular weight is 333 g/mol. The monoisotopic (exact) mass is 332 g/mol. The highest BCUT2D eigenvalue weighted by atomic mass is 79.9. The van der Waals surface area contributed by atoms with E-state index < -0.39 is 0 Å². The Balaban J connectivity index is 2.10. The molecule has 0 saturated heterocycles. The van der Waals surface area contributed by atoms with E-state index in [1.54, 1.807) is 0 Å². The zero-order valence-electron chi connectivity index (χ0n) is 12.4. The fraction of sp³-hybridized carbons (Fsp3) is 0.353. The lowest BCUT2D eigenvalue weighted by Gasteiger charge is -2.17. The van der Waals surface area contributed by atoms with Crippen LogP contribution in [0.2, 0.25) is 0 Å². The Kier molecular flexibility index (Phi) is 4.81. The summed E-state index contributed by atoms with van der Waals surface area (Å²) in [6.07, 6.45) is 1.86. The van der Waals surface area contributed by atoms with E-state index >= 15 is 0 Å². The van der Waals surface area contributed by atoms with E-state index in [4.69, 9.17) is 0 Å². The van der Waals surface area contributed by atoms with Crippen LogP contribution in [0.1, 0.15) is 49.4 Å². The molecule has 1 aromatic heterocycles. The third kappa shape index (κ3) is 3.60. The van der Waals surface area contributed by atoms with Gasteiger partial charge in [0.15, 0.2) is 0 Å². The molecule has 0 amide bonds. The molecule has 1 heterocycles. The van der Waals surface area contributed by atoms with Gasteiger partial charge in [-0.05, 0) is 58.5 Å². The molecule has 0 aliphatic heterocycles. The van der Waals surface area contributed by atoms with Crippen LogP contribution in [0, 0.1) is 6.92 Å². The Labute approximate surface area is 129 Å². The highest BCUT2D eigenvalue weighted by molar-refractivity contribution is 9.10. The molecular weight excluding hydrogens is 312 g/mol. The molecule has 0 aliphatic rings. The largest absolute Gasteiger partial charge is 0.377 e. The number of nitrogens with zero attached hydrogens (tertiary/aromatic N) is 1. The van der Waals surface area contributed by atoms with Crippen molar-refractivity contribution in [3.63, 3.8) is 0 Å². The SMILES string of the molecule is Cc1cc(NC(C)c2ccc(C(C)C)cc2)cnc1Br. The molecule has 3 heteroatoms. The molecule has 20 heavy (non-hydrogen) atoms. The van der Waals surface area contributed by atoms with Crippen molar-refractivity contribution in [2.75, 3.05) is 5.32 Å². The molecule has 0 fully saturated rings. The zero-order valence-corrected chi connectivity index (χ0v) is 14.0. The molecule has 106 valence electrons. The van der Waals surface area contributed by atoms with E-state index in [2.05, 4.69) is 77.3 Å². The predicted octanol–water partition coefficient (Wildman–Crippen LogP) is 5.45. The second-order valence-corrected chi connectivity index (χ2v) is 6.27. The van der Waals surface area contributed by atoms with Crippen molar-refractivity contribution in [3.8, 4) is 0 Å². The van der Waals surface area contributed by atoms with Crippen molar-refractivity contribution >= 4 is 21.6 Å². The molecular formula is C17H21BrN2. The molecule has 2 nitrogen and oxygen atoms in total. The standard InChI is InChI=1S/C17H21BrN2/c1-11(2)14-5-7-15(8-6-14)13(4)20-16-9-12(3)17(18)19-10-16/h5-11,13,20H,1-4H3. The smallest absolute Gasteiger partial charge is 0.109 e. The maximum absolute atomic E-state index is 4.32. The zero-order chi connectivity index (χ0) is 14.7. The number of nitrogens with one attached hydrogen (secondary N) is 1. The first-order valence-corrected chi connectivity index (χ1v) is 7.75. The fourth-order valence-corrected chi connectivity index (χ4v) is 2.36. The second-order valence-electron chi connectivity index (χ2n) is 5.52. The van der Waals surface area contributed by atoms with Crippen LogP contribution in [-0.4, -0.2) is 4.98 Å². The maximum atomic E-state index is 4.32. The van der Waals surface area contributed by atoms with Gasteiger partial charge in [-0.2, -0.15) is 0 Å². The molecule has 0 bridgehead atoms. The maximum Gasteiger partial charge on any atom is 0.109 e. The highest BCUT2D eigenvalue weighted by Crippen LogP contribution is 2.23. The van der Waals surface area contributed by atoms with Gasteiger partial charge in [0.1, 0.15) is 4.60 Å². The predicted molar refractivity (Wildman–Crippen MR) is 89.2 cm³/mol. The van der Waals surface area contributed by atoms with Gasteiger partial charge in [-0.15, -0.1) is 0 Å². The van der Waals surface area contributed by atoms with Crippen LogP contribution in [0.5, 0.6) is 0 Å². The minimum absolute atomic E-state index is 0.263. The van der Waals surface area contributed by atoms with Crippen LogP contribution < -0.4 is 5.32 Å². The summed E-state index contributed by atoms with van der Waals surface area (Å²) in [5, 5.41) is 3.49. The number of anilines is 1. The first-order chi connectivity index (χ1) is 9.47. The van der Waals surface area contributed by atoms with Crippen molar-refractivity contribution in [1.82, 2.24) is 4.98 Å².